The highest BCUT2D eigenvalue weighted by Crippen LogP contribution is 2.10. The van der Waals surface area contributed by atoms with E-state index in [0.717, 1.165) is 52.0 Å². The first-order chi connectivity index (χ1) is 12.7. The fourth-order valence-electron chi connectivity index (χ4n) is 3.91. The van der Waals surface area contributed by atoms with Crippen LogP contribution in [-0.2, 0) is 19.1 Å². The summed E-state index contributed by atoms with van der Waals surface area (Å²) in [6, 6.07) is 0. The van der Waals surface area contributed by atoms with Gasteiger partial charge < -0.3 is 29.9 Å². The molecular formula is C18H34N4O4+2. The average Bonchev–Trinajstić information content (AvgIpc) is 3.36. The molecule has 3 aliphatic heterocycles. The molecule has 4 N–H and O–H groups in total. The Morgan fingerprint density at radius 3 is 1.54 bits per heavy atom. The van der Waals surface area contributed by atoms with Gasteiger partial charge in [-0.3, -0.25) is 9.59 Å². The molecule has 0 aromatic heterocycles. The number of quaternary nitrogens is 2. The van der Waals surface area contributed by atoms with Crippen LogP contribution in [0.25, 0.3) is 0 Å². The largest absolute Gasteiger partial charge is 0.372 e. The van der Waals surface area contributed by atoms with E-state index in [4.69, 9.17) is 9.47 Å². The van der Waals surface area contributed by atoms with Crippen LogP contribution >= 0.6 is 0 Å². The van der Waals surface area contributed by atoms with Crippen LogP contribution in [0.2, 0.25) is 0 Å². The van der Waals surface area contributed by atoms with Crippen molar-refractivity contribution in [1.82, 2.24) is 9.80 Å². The van der Waals surface area contributed by atoms with Crippen molar-refractivity contribution >= 4 is 11.8 Å². The number of nitrogens with zero attached hydrogens (tertiary/aromatic N) is 2. The molecule has 0 spiro atoms. The Kier molecular flexibility index (Phi) is 7.67. The number of hydrogen-bond donors (Lipinski definition) is 2. The van der Waals surface area contributed by atoms with Crippen molar-refractivity contribution in [1.29, 1.82) is 0 Å². The van der Waals surface area contributed by atoms with E-state index in [1.807, 2.05) is 9.80 Å². The van der Waals surface area contributed by atoms with Crippen molar-refractivity contribution in [3.63, 3.8) is 0 Å². The minimum absolute atomic E-state index is 0.167. The van der Waals surface area contributed by atoms with Crippen molar-refractivity contribution in [2.45, 2.75) is 37.9 Å². The van der Waals surface area contributed by atoms with Crippen LogP contribution in [0.3, 0.4) is 0 Å². The third kappa shape index (κ3) is 5.90. The van der Waals surface area contributed by atoms with Gasteiger partial charge in [0.25, 0.3) is 11.8 Å². The molecule has 0 aliphatic carbocycles. The van der Waals surface area contributed by atoms with Crippen LogP contribution < -0.4 is 10.6 Å². The highest BCUT2D eigenvalue weighted by molar-refractivity contribution is 5.79. The smallest absolute Gasteiger partial charge is 0.277 e. The molecule has 148 valence electrons. The third-order valence-corrected chi connectivity index (χ3v) is 5.53. The Balaban J connectivity index is 1.26. The second-order valence-electron chi connectivity index (χ2n) is 7.49. The summed E-state index contributed by atoms with van der Waals surface area (Å²) in [4.78, 5) is 28.4. The zero-order valence-corrected chi connectivity index (χ0v) is 15.7. The van der Waals surface area contributed by atoms with Gasteiger partial charge in [-0.2, -0.15) is 0 Å². The van der Waals surface area contributed by atoms with Crippen molar-refractivity contribution < 1.29 is 29.7 Å². The summed E-state index contributed by atoms with van der Waals surface area (Å²) in [5.74, 6) is 0.333. The van der Waals surface area contributed by atoms with Gasteiger partial charge in [0.15, 0.2) is 13.1 Å². The molecule has 0 bridgehead atoms. The quantitative estimate of drug-likeness (QED) is 0.481. The second-order valence-corrected chi connectivity index (χ2v) is 7.49. The lowest BCUT2D eigenvalue weighted by Gasteiger charge is -2.34. The Morgan fingerprint density at radius 1 is 0.769 bits per heavy atom. The predicted molar refractivity (Wildman–Crippen MR) is 94.4 cm³/mol. The maximum absolute atomic E-state index is 12.3. The summed E-state index contributed by atoms with van der Waals surface area (Å²) in [5, 5.41) is 4.10. The molecular weight excluding hydrogens is 336 g/mol. The van der Waals surface area contributed by atoms with Gasteiger partial charge in [0.2, 0.25) is 0 Å². The summed E-state index contributed by atoms with van der Waals surface area (Å²) in [6.07, 6.45) is 5.09. The first-order valence-corrected chi connectivity index (χ1v) is 10.1. The van der Waals surface area contributed by atoms with E-state index in [1.165, 1.54) is 0 Å². The average molecular weight is 370 g/mol. The molecule has 0 radical (unpaired) electrons. The summed E-state index contributed by atoms with van der Waals surface area (Å²) in [7, 11) is 0. The lowest BCUT2D eigenvalue weighted by molar-refractivity contribution is -0.651. The summed E-state index contributed by atoms with van der Waals surface area (Å²) in [6.45, 7) is 6.96. The molecule has 8 heteroatoms. The standard InChI is InChI=1S/C18H32N4O4/c23-17(13-19-11-15-3-1-9-25-15)21-5-7-22(8-6-21)18(24)14-20-12-16-4-2-10-26-16/h15-16,19-20H,1-14H2/p+2/t15-,16+. The van der Waals surface area contributed by atoms with E-state index >= 15 is 0 Å². The molecule has 0 saturated carbocycles. The minimum Gasteiger partial charge on any atom is -0.372 e. The second kappa shape index (κ2) is 10.2. The van der Waals surface area contributed by atoms with E-state index in [1.54, 1.807) is 0 Å². The van der Waals surface area contributed by atoms with E-state index in [0.29, 0.717) is 51.5 Å². The fourth-order valence-corrected chi connectivity index (χ4v) is 3.91. The van der Waals surface area contributed by atoms with Crippen molar-refractivity contribution in [2.75, 3.05) is 65.6 Å². The predicted octanol–water partition coefficient (Wildman–Crippen LogP) is -2.86. The molecule has 2 amide bonds. The Hall–Kier alpha value is -1.22. The Bertz CT molecular complexity index is 414. The van der Waals surface area contributed by atoms with E-state index in [9.17, 15) is 9.59 Å². The van der Waals surface area contributed by atoms with E-state index in [2.05, 4.69) is 10.6 Å². The monoisotopic (exact) mass is 370 g/mol. The van der Waals surface area contributed by atoms with E-state index < -0.39 is 0 Å². The Morgan fingerprint density at radius 2 is 1.19 bits per heavy atom. The lowest BCUT2D eigenvalue weighted by Crippen LogP contribution is -2.89. The van der Waals surface area contributed by atoms with Crippen molar-refractivity contribution in [3.05, 3.63) is 0 Å². The van der Waals surface area contributed by atoms with Crippen LogP contribution in [-0.4, -0.2) is 99.4 Å². The highest BCUT2D eigenvalue weighted by atomic mass is 16.5. The van der Waals surface area contributed by atoms with Gasteiger partial charge in [-0.25, -0.2) is 0 Å². The van der Waals surface area contributed by atoms with Gasteiger partial charge in [-0.1, -0.05) is 0 Å². The molecule has 3 aliphatic rings. The number of hydrogen-bond acceptors (Lipinski definition) is 4. The Labute approximate surface area is 155 Å². The molecule has 0 aromatic rings. The van der Waals surface area contributed by atoms with Crippen LogP contribution in [0, 0.1) is 0 Å². The zero-order chi connectivity index (χ0) is 18.2. The van der Waals surface area contributed by atoms with Crippen molar-refractivity contribution in [3.8, 4) is 0 Å². The van der Waals surface area contributed by atoms with Gasteiger partial charge in [0, 0.05) is 39.4 Å². The third-order valence-electron chi connectivity index (χ3n) is 5.53. The van der Waals surface area contributed by atoms with Gasteiger partial charge in [-0.05, 0) is 25.7 Å². The van der Waals surface area contributed by atoms with Crippen LogP contribution in [0.15, 0.2) is 0 Å². The number of nitrogens with two attached hydrogens (primary N) is 2. The number of piperazine rings is 1. The first-order valence-electron chi connectivity index (χ1n) is 10.1. The molecule has 3 heterocycles. The maximum Gasteiger partial charge on any atom is 0.277 e. The number of carbonyl (C=O) groups excluding carboxylic acids is 2. The normalized spacial score (nSPS) is 26.5. The molecule has 26 heavy (non-hydrogen) atoms. The molecule has 0 aromatic carbocycles. The number of amides is 2. The number of ether oxygens (including phenoxy) is 2. The zero-order valence-electron chi connectivity index (χ0n) is 15.7. The summed E-state index contributed by atoms with van der Waals surface area (Å²) in [5.41, 5.74) is 0. The number of carbonyl (C=O) groups is 2. The highest BCUT2D eigenvalue weighted by Gasteiger charge is 2.26. The lowest BCUT2D eigenvalue weighted by atomic mass is 10.2. The SMILES string of the molecule is O=C(C[NH2+]C[C@H]1CCCO1)N1CCN(C(=O)C[NH2+]C[C@@H]2CCCO2)CC1. The minimum atomic E-state index is 0.167. The van der Waals surface area contributed by atoms with Crippen molar-refractivity contribution in [2.24, 2.45) is 0 Å². The molecule has 0 unspecified atom stereocenters. The van der Waals surface area contributed by atoms with Crippen LogP contribution in [0.1, 0.15) is 25.7 Å². The fraction of sp³-hybridized carbons (Fsp3) is 0.889. The first kappa shape index (κ1) is 19.5. The van der Waals surface area contributed by atoms with E-state index in [-0.39, 0.29) is 11.8 Å². The molecule has 3 rings (SSSR count). The van der Waals surface area contributed by atoms with Gasteiger partial charge in [0.1, 0.15) is 25.3 Å². The topological polar surface area (TPSA) is 92.3 Å². The van der Waals surface area contributed by atoms with Gasteiger partial charge >= 0.3 is 0 Å². The molecule has 3 fully saturated rings. The molecule has 8 nitrogen and oxygen atoms in total. The maximum atomic E-state index is 12.3. The molecule has 2 atom stereocenters. The number of rotatable bonds is 8. The van der Waals surface area contributed by atoms with Crippen LogP contribution in [0.4, 0.5) is 0 Å². The van der Waals surface area contributed by atoms with Gasteiger partial charge in [-0.15, -0.1) is 0 Å². The van der Waals surface area contributed by atoms with Crippen LogP contribution in [0.5, 0.6) is 0 Å². The van der Waals surface area contributed by atoms with Gasteiger partial charge in [0.05, 0.1) is 0 Å². The molecule has 3 saturated heterocycles. The summed E-state index contributed by atoms with van der Waals surface area (Å²) < 4.78 is 11.1. The summed E-state index contributed by atoms with van der Waals surface area (Å²) >= 11 is 0.